The predicted molar refractivity (Wildman–Crippen MR) is 64.0 cm³/mol. The van der Waals surface area contributed by atoms with Gasteiger partial charge in [-0.2, -0.15) is 0 Å². The zero-order valence-electron chi connectivity index (χ0n) is 9.26. The number of aliphatic hydroxyl groups excluding tert-OH is 1. The van der Waals surface area contributed by atoms with E-state index < -0.39 is 9.84 Å². The first-order valence-corrected chi connectivity index (χ1v) is 7.16. The molecule has 4 nitrogen and oxygen atoms in total. The highest BCUT2D eigenvalue weighted by Crippen LogP contribution is 2.10. The van der Waals surface area contributed by atoms with E-state index in [1.54, 1.807) is 0 Å². The monoisotopic (exact) mass is 243 g/mol. The first kappa shape index (κ1) is 13.2. The van der Waals surface area contributed by atoms with E-state index in [-0.39, 0.29) is 18.4 Å². The number of aliphatic hydroxyl groups is 1. The number of hydrogen-bond acceptors (Lipinski definition) is 4. The van der Waals surface area contributed by atoms with Crippen molar-refractivity contribution in [3.05, 3.63) is 35.9 Å². The third-order valence-electron chi connectivity index (χ3n) is 2.25. The summed E-state index contributed by atoms with van der Waals surface area (Å²) >= 11 is 0. The minimum atomic E-state index is -2.95. The van der Waals surface area contributed by atoms with Gasteiger partial charge in [0.2, 0.25) is 0 Å². The topological polar surface area (TPSA) is 66.4 Å². The summed E-state index contributed by atoms with van der Waals surface area (Å²) in [6, 6.07) is 9.26. The lowest BCUT2D eigenvalue weighted by molar-refractivity contribution is 0.246. The second kappa shape index (κ2) is 5.98. The Bertz CT molecular complexity index is 402. The van der Waals surface area contributed by atoms with Crippen molar-refractivity contribution < 1.29 is 13.5 Å². The van der Waals surface area contributed by atoms with E-state index in [0.29, 0.717) is 6.54 Å². The summed E-state index contributed by atoms with van der Waals surface area (Å²) in [4.78, 5) is 0. The molecule has 0 heterocycles. The van der Waals surface area contributed by atoms with Crippen molar-refractivity contribution in [1.82, 2.24) is 5.32 Å². The van der Waals surface area contributed by atoms with Crippen LogP contribution in [-0.4, -0.2) is 38.7 Å². The molecule has 90 valence electrons. The van der Waals surface area contributed by atoms with E-state index in [4.69, 9.17) is 0 Å². The van der Waals surface area contributed by atoms with Crippen molar-refractivity contribution in [3.63, 3.8) is 0 Å². The van der Waals surface area contributed by atoms with Gasteiger partial charge in [-0.15, -0.1) is 0 Å². The van der Waals surface area contributed by atoms with E-state index in [1.807, 2.05) is 30.3 Å². The van der Waals surface area contributed by atoms with Crippen LogP contribution in [0.1, 0.15) is 11.6 Å². The van der Waals surface area contributed by atoms with Crippen molar-refractivity contribution in [2.45, 2.75) is 6.04 Å². The van der Waals surface area contributed by atoms with Crippen molar-refractivity contribution in [2.24, 2.45) is 0 Å². The van der Waals surface area contributed by atoms with Gasteiger partial charge < -0.3 is 10.4 Å². The quantitative estimate of drug-likeness (QED) is 0.757. The van der Waals surface area contributed by atoms with Gasteiger partial charge in [-0.3, -0.25) is 0 Å². The summed E-state index contributed by atoms with van der Waals surface area (Å²) < 4.78 is 21.9. The second-order valence-electron chi connectivity index (χ2n) is 3.73. The van der Waals surface area contributed by atoms with E-state index in [1.165, 1.54) is 6.26 Å². The van der Waals surface area contributed by atoms with Gasteiger partial charge in [0.25, 0.3) is 0 Å². The standard InChI is InChI=1S/C11H17NO3S/c1-16(14,15)8-7-12-11(9-13)10-5-3-2-4-6-10/h2-6,11-13H,7-9H2,1H3. The Morgan fingerprint density at radius 2 is 1.94 bits per heavy atom. The molecule has 2 N–H and O–H groups in total. The molecule has 0 bridgehead atoms. The highest BCUT2D eigenvalue weighted by molar-refractivity contribution is 7.90. The van der Waals surface area contributed by atoms with Crippen LogP contribution in [0.25, 0.3) is 0 Å². The molecule has 1 unspecified atom stereocenters. The average molecular weight is 243 g/mol. The summed E-state index contributed by atoms with van der Waals surface area (Å²) in [6.45, 7) is 0.298. The molecule has 0 amide bonds. The smallest absolute Gasteiger partial charge is 0.148 e. The Morgan fingerprint density at radius 1 is 1.31 bits per heavy atom. The van der Waals surface area contributed by atoms with Gasteiger partial charge in [-0.05, 0) is 5.56 Å². The van der Waals surface area contributed by atoms with Gasteiger partial charge in [0.05, 0.1) is 18.4 Å². The van der Waals surface area contributed by atoms with E-state index in [0.717, 1.165) is 5.56 Å². The zero-order valence-corrected chi connectivity index (χ0v) is 10.1. The van der Waals surface area contributed by atoms with Crippen molar-refractivity contribution >= 4 is 9.84 Å². The van der Waals surface area contributed by atoms with Gasteiger partial charge in [0.1, 0.15) is 9.84 Å². The summed E-state index contributed by atoms with van der Waals surface area (Å²) in [5.74, 6) is 0.0797. The zero-order chi connectivity index (χ0) is 12.0. The molecule has 0 fully saturated rings. The maximum atomic E-state index is 10.9. The number of benzene rings is 1. The van der Waals surface area contributed by atoms with E-state index in [2.05, 4.69) is 5.32 Å². The average Bonchev–Trinajstić information content (AvgIpc) is 2.24. The molecule has 1 aromatic carbocycles. The first-order valence-electron chi connectivity index (χ1n) is 5.10. The van der Waals surface area contributed by atoms with Crippen LogP contribution >= 0.6 is 0 Å². The van der Waals surface area contributed by atoms with Crippen molar-refractivity contribution in [3.8, 4) is 0 Å². The van der Waals surface area contributed by atoms with Gasteiger partial charge in [0.15, 0.2) is 0 Å². The Kier molecular flexibility index (Phi) is 4.92. The Balaban J connectivity index is 2.51. The summed E-state index contributed by atoms with van der Waals surface area (Å²) in [5, 5.41) is 12.2. The van der Waals surface area contributed by atoms with Crippen LogP contribution in [0.3, 0.4) is 0 Å². The highest BCUT2D eigenvalue weighted by Gasteiger charge is 2.10. The molecule has 0 saturated heterocycles. The van der Waals surface area contributed by atoms with Crippen molar-refractivity contribution in [2.75, 3.05) is 25.2 Å². The van der Waals surface area contributed by atoms with Crippen LogP contribution in [0.2, 0.25) is 0 Å². The fraction of sp³-hybridized carbons (Fsp3) is 0.455. The molecule has 0 spiro atoms. The largest absolute Gasteiger partial charge is 0.394 e. The van der Waals surface area contributed by atoms with Crippen LogP contribution in [0, 0.1) is 0 Å². The van der Waals surface area contributed by atoms with Crippen LogP contribution in [0.4, 0.5) is 0 Å². The molecule has 5 heteroatoms. The maximum absolute atomic E-state index is 10.9. The summed E-state index contributed by atoms with van der Waals surface area (Å²) in [5.41, 5.74) is 0.957. The molecular formula is C11H17NO3S. The fourth-order valence-electron chi connectivity index (χ4n) is 1.39. The van der Waals surface area contributed by atoms with Gasteiger partial charge >= 0.3 is 0 Å². The minimum absolute atomic E-state index is 0.0478. The predicted octanol–water partition coefficient (Wildman–Crippen LogP) is 0.354. The first-order chi connectivity index (χ1) is 7.53. The SMILES string of the molecule is CS(=O)(=O)CCNC(CO)c1ccccc1. The molecule has 0 aromatic heterocycles. The highest BCUT2D eigenvalue weighted by atomic mass is 32.2. The van der Waals surface area contributed by atoms with Crippen LogP contribution in [0.5, 0.6) is 0 Å². The third kappa shape index (κ3) is 4.74. The molecule has 0 aliphatic carbocycles. The van der Waals surface area contributed by atoms with E-state index >= 15 is 0 Å². The second-order valence-corrected chi connectivity index (χ2v) is 5.99. The molecule has 1 rings (SSSR count). The molecule has 1 aromatic rings. The number of nitrogens with one attached hydrogen (secondary N) is 1. The lowest BCUT2D eigenvalue weighted by atomic mass is 10.1. The van der Waals surface area contributed by atoms with Crippen LogP contribution in [-0.2, 0) is 9.84 Å². The van der Waals surface area contributed by atoms with Gasteiger partial charge in [-0.25, -0.2) is 8.42 Å². The van der Waals surface area contributed by atoms with Gasteiger partial charge in [-0.1, -0.05) is 30.3 Å². The number of hydrogen-bond donors (Lipinski definition) is 2. The normalized spacial score (nSPS) is 13.6. The maximum Gasteiger partial charge on any atom is 0.148 e. The minimum Gasteiger partial charge on any atom is -0.394 e. The Morgan fingerprint density at radius 3 is 2.44 bits per heavy atom. The number of sulfone groups is 1. The fourth-order valence-corrected chi connectivity index (χ4v) is 1.88. The summed E-state index contributed by atoms with van der Waals surface area (Å²) in [7, 11) is -2.95. The third-order valence-corrected chi connectivity index (χ3v) is 3.19. The van der Waals surface area contributed by atoms with Crippen molar-refractivity contribution in [1.29, 1.82) is 0 Å². The molecule has 16 heavy (non-hydrogen) atoms. The molecule has 1 atom stereocenters. The lowest BCUT2D eigenvalue weighted by Gasteiger charge is -2.16. The van der Waals surface area contributed by atoms with Crippen LogP contribution < -0.4 is 5.32 Å². The summed E-state index contributed by atoms with van der Waals surface area (Å²) in [6.07, 6.45) is 1.20. The molecule has 0 saturated carbocycles. The molecule has 0 radical (unpaired) electrons. The van der Waals surface area contributed by atoms with Crippen LogP contribution in [0.15, 0.2) is 30.3 Å². The number of rotatable bonds is 6. The Labute approximate surface area is 96.2 Å². The lowest BCUT2D eigenvalue weighted by Crippen LogP contribution is -2.29. The van der Waals surface area contributed by atoms with Gasteiger partial charge in [0, 0.05) is 12.8 Å². The molecule has 0 aliphatic rings. The van der Waals surface area contributed by atoms with E-state index in [9.17, 15) is 13.5 Å². The molecular weight excluding hydrogens is 226 g/mol. The Hall–Kier alpha value is -0.910. The molecule has 0 aliphatic heterocycles.